The van der Waals surface area contributed by atoms with Crippen molar-refractivity contribution in [3.8, 4) is 0 Å². The van der Waals surface area contributed by atoms with Crippen molar-refractivity contribution < 1.29 is 39.3 Å². The average Bonchev–Trinajstić information content (AvgIpc) is 2.61. The molecule has 0 aliphatic rings. The van der Waals surface area contributed by atoms with Crippen molar-refractivity contribution in [2.45, 2.75) is 70.8 Å². The van der Waals surface area contributed by atoms with Gasteiger partial charge >= 0.3 is 11.9 Å². The molecule has 0 saturated heterocycles. The van der Waals surface area contributed by atoms with Crippen LogP contribution in [0.3, 0.4) is 0 Å². The van der Waals surface area contributed by atoms with Crippen LogP contribution in [0.4, 0.5) is 0 Å². The van der Waals surface area contributed by atoms with E-state index in [0.717, 1.165) is 0 Å². The summed E-state index contributed by atoms with van der Waals surface area (Å²) in [6.45, 7) is 5.95. The molecule has 166 valence electrons. The summed E-state index contributed by atoms with van der Waals surface area (Å²) in [6, 6.07) is -5.16. The number of aliphatic carboxylic acids is 2. The Morgan fingerprint density at radius 1 is 0.862 bits per heavy atom. The van der Waals surface area contributed by atoms with E-state index >= 15 is 0 Å². The smallest absolute Gasteiger partial charge is 0.328 e. The Hall–Kier alpha value is -2.73. The van der Waals surface area contributed by atoms with Gasteiger partial charge in [-0.1, -0.05) is 20.3 Å². The number of amides is 3. The lowest BCUT2D eigenvalue weighted by atomic mass is 9.97. The molecule has 6 unspecified atom stereocenters. The first-order valence-corrected chi connectivity index (χ1v) is 9.11. The zero-order valence-electron chi connectivity index (χ0n) is 16.8. The Bertz CT molecular complexity index is 625. The van der Waals surface area contributed by atoms with Crippen molar-refractivity contribution in [2.24, 2.45) is 11.7 Å². The Morgan fingerprint density at radius 3 is 1.79 bits per heavy atom. The standard InChI is InChI=1S/C17H30N4O8/c1-5-7(2)12(16(27)21-13(9(4)22)17(28)29)20-14(25)8(3)19-15(26)10(18)6-11(23)24/h7-10,12-13,22H,5-6,18H2,1-4H3,(H,19,26)(H,20,25)(H,21,27)(H,23,24)(H,28,29). The lowest BCUT2D eigenvalue weighted by Gasteiger charge is -2.27. The van der Waals surface area contributed by atoms with Gasteiger partial charge in [-0.3, -0.25) is 19.2 Å². The van der Waals surface area contributed by atoms with Gasteiger partial charge in [0.2, 0.25) is 17.7 Å². The molecule has 8 N–H and O–H groups in total. The summed E-state index contributed by atoms with van der Waals surface area (Å²) >= 11 is 0. The van der Waals surface area contributed by atoms with Gasteiger partial charge in [0.1, 0.15) is 12.1 Å². The van der Waals surface area contributed by atoms with E-state index in [2.05, 4.69) is 16.0 Å². The lowest BCUT2D eigenvalue weighted by Crippen LogP contribution is -2.59. The summed E-state index contributed by atoms with van der Waals surface area (Å²) in [5.41, 5.74) is 5.43. The maximum Gasteiger partial charge on any atom is 0.328 e. The number of nitrogens with one attached hydrogen (secondary N) is 3. The van der Waals surface area contributed by atoms with E-state index in [1.54, 1.807) is 13.8 Å². The van der Waals surface area contributed by atoms with E-state index in [0.29, 0.717) is 6.42 Å². The SMILES string of the molecule is CCC(C)C(NC(=O)C(C)NC(=O)C(N)CC(=O)O)C(=O)NC(C(=O)O)C(C)O. The van der Waals surface area contributed by atoms with Crippen LogP contribution in [0, 0.1) is 5.92 Å². The summed E-state index contributed by atoms with van der Waals surface area (Å²) in [7, 11) is 0. The molecule has 0 spiro atoms. The largest absolute Gasteiger partial charge is 0.481 e. The second kappa shape index (κ2) is 12.0. The molecule has 12 nitrogen and oxygen atoms in total. The van der Waals surface area contributed by atoms with Crippen LogP contribution in [0.25, 0.3) is 0 Å². The highest BCUT2D eigenvalue weighted by Gasteiger charge is 2.33. The Morgan fingerprint density at radius 2 is 1.38 bits per heavy atom. The minimum absolute atomic E-state index is 0.389. The monoisotopic (exact) mass is 418 g/mol. The minimum atomic E-state index is -1.56. The number of carbonyl (C=O) groups is 5. The Kier molecular flexibility index (Phi) is 10.8. The molecular formula is C17H30N4O8. The predicted octanol–water partition coefficient (Wildman–Crippen LogP) is -2.23. The topological polar surface area (TPSA) is 208 Å². The van der Waals surface area contributed by atoms with E-state index in [1.165, 1.54) is 13.8 Å². The highest BCUT2D eigenvalue weighted by Crippen LogP contribution is 2.09. The molecule has 0 aliphatic heterocycles. The summed E-state index contributed by atoms with van der Waals surface area (Å²) < 4.78 is 0. The van der Waals surface area contributed by atoms with Crippen LogP contribution in [0.15, 0.2) is 0 Å². The molecular weight excluding hydrogens is 388 g/mol. The third-order valence-corrected chi connectivity index (χ3v) is 4.32. The van der Waals surface area contributed by atoms with E-state index in [9.17, 15) is 29.1 Å². The maximum atomic E-state index is 12.5. The van der Waals surface area contributed by atoms with Crippen molar-refractivity contribution in [1.82, 2.24) is 16.0 Å². The highest BCUT2D eigenvalue weighted by molar-refractivity contribution is 5.94. The van der Waals surface area contributed by atoms with E-state index in [4.69, 9.17) is 15.9 Å². The number of hydrogen-bond acceptors (Lipinski definition) is 7. The van der Waals surface area contributed by atoms with Gasteiger partial charge in [0.05, 0.1) is 18.6 Å². The predicted molar refractivity (Wildman–Crippen MR) is 100 cm³/mol. The molecule has 0 saturated carbocycles. The van der Waals surface area contributed by atoms with Gasteiger partial charge in [0, 0.05) is 0 Å². The van der Waals surface area contributed by atoms with Crippen LogP contribution in [0.1, 0.15) is 40.5 Å². The maximum absolute atomic E-state index is 12.5. The molecule has 0 bridgehead atoms. The lowest BCUT2D eigenvalue weighted by molar-refractivity contribution is -0.145. The van der Waals surface area contributed by atoms with Crippen molar-refractivity contribution in [3.63, 3.8) is 0 Å². The van der Waals surface area contributed by atoms with Gasteiger partial charge in [0.15, 0.2) is 6.04 Å². The van der Waals surface area contributed by atoms with Crippen LogP contribution < -0.4 is 21.7 Å². The van der Waals surface area contributed by atoms with Crippen molar-refractivity contribution in [2.75, 3.05) is 0 Å². The Labute approximate surface area is 168 Å². The number of hydrogen-bond donors (Lipinski definition) is 7. The van der Waals surface area contributed by atoms with Crippen molar-refractivity contribution >= 4 is 29.7 Å². The molecule has 3 amide bonds. The number of aliphatic hydroxyl groups is 1. The zero-order chi connectivity index (χ0) is 22.9. The molecule has 0 radical (unpaired) electrons. The molecule has 6 atom stereocenters. The van der Waals surface area contributed by atoms with Crippen LogP contribution in [-0.2, 0) is 24.0 Å². The molecule has 12 heteroatoms. The first-order chi connectivity index (χ1) is 13.3. The number of aliphatic hydroxyl groups excluding tert-OH is 1. The van der Waals surface area contributed by atoms with Gasteiger partial charge in [-0.05, 0) is 19.8 Å². The normalized spacial score (nSPS) is 17.0. The van der Waals surface area contributed by atoms with Gasteiger partial charge in [-0.15, -0.1) is 0 Å². The number of rotatable bonds is 12. The molecule has 0 fully saturated rings. The molecule has 0 heterocycles. The molecule has 0 aromatic rings. The minimum Gasteiger partial charge on any atom is -0.481 e. The highest BCUT2D eigenvalue weighted by atomic mass is 16.4. The summed E-state index contributed by atoms with van der Waals surface area (Å²) in [4.78, 5) is 58.5. The molecule has 29 heavy (non-hydrogen) atoms. The average molecular weight is 418 g/mol. The summed E-state index contributed by atoms with van der Waals surface area (Å²) in [5, 5.41) is 34.1. The molecule has 0 aromatic carbocycles. The fraction of sp³-hybridized carbons (Fsp3) is 0.706. The molecule has 0 rings (SSSR count). The zero-order valence-corrected chi connectivity index (χ0v) is 16.8. The molecule has 0 aliphatic carbocycles. The third-order valence-electron chi connectivity index (χ3n) is 4.32. The Balaban J connectivity index is 5.15. The third kappa shape index (κ3) is 8.87. The first-order valence-electron chi connectivity index (χ1n) is 9.11. The van der Waals surface area contributed by atoms with E-state index in [1.807, 2.05) is 0 Å². The van der Waals surface area contributed by atoms with Crippen LogP contribution in [0.2, 0.25) is 0 Å². The van der Waals surface area contributed by atoms with E-state index < -0.39 is 66.4 Å². The van der Waals surface area contributed by atoms with Crippen LogP contribution >= 0.6 is 0 Å². The summed E-state index contributed by atoms with van der Waals surface area (Å²) in [5.74, 6) is -5.49. The van der Waals surface area contributed by atoms with Crippen molar-refractivity contribution in [1.29, 1.82) is 0 Å². The number of carboxylic acids is 2. The number of carboxylic acid groups (broad SMARTS) is 2. The fourth-order valence-electron chi connectivity index (χ4n) is 2.28. The van der Waals surface area contributed by atoms with Crippen LogP contribution in [0.5, 0.6) is 0 Å². The second-order valence-corrected chi connectivity index (χ2v) is 6.87. The number of carbonyl (C=O) groups excluding carboxylic acids is 3. The van der Waals surface area contributed by atoms with Gasteiger partial charge < -0.3 is 37.0 Å². The summed E-state index contributed by atoms with van der Waals surface area (Å²) in [6.07, 6.45) is -1.51. The van der Waals surface area contributed by atoms with Gasteiger partial charge in [-0.2, -0.15) is 0 Å². The van der Waals surface area contributed by atoms with Crippen LogP contribution in [-0.4, -0.2) is 75.3 Å². The number of nitrogens with two attached hydrogens (primary N) is 1. The first kappa shape index (κ1) is 26.3. The van der Waals surface area contributed by atoms with E-state index in [-0.39, 0.29) is 5.92 Å². The van der Waals surface area contributed by atoms with Gasteiger partial charge in [0.25, 0.3) is 0 Å². The van der Waals surface area contributed by atoms with Gasteiger partial charge in [-0.25, -0.2) is 4.79 Å². The van der Waals surface area contributed by atoms with Crippen molar-refractivity contribution in [3.05, 3.63) is 0 Å². The quantitative estimate of drug-likeness (QED) is 0.183. The fourth-order valence-corrected chi connectivity index (χ4v) is 2.28. The molecule has 0 aromatic heterocycles. The second-order valence-electron chi connectivity index (χ2n) is 6.87.